The van der Waals surface area contributed by atoms with Crippen molar-refractivity contribution in [2.75, 3.05) is 20.0 Å². The number of rotatable bonds is 1. The van der Waals surface area contributed by atoms with Crippen LogP contribution < -0.4 is 5.73 Å². The van der Waals surface area contributed by atoms with E-state index in [1.54, 1.807) is 12.1 Å². The van der Waals surface area contributed by atoms with E-state index in [0.717, 1.165) is 79.7 Å². The van der Waals surface area contributed by atoms with Crippen molar-refractivity contribution in [2.24, 2.45) is 0 Å². The minimum absolute atomic E-state index is 0. The Kier molecular flexibility index (Phi) is 14.8. The van der Waals surface area contributed by atoms with Gasteiger partial charge >= 0.3 is 0 Å². The minimum atomic E-state index is -0.307. The van der Waals surface area contributed by atoms with Gasteiger partial charge in [-0.2, -0.15) is 0 Å². The van der Waals surface area contributed by atoms with Crippen molar-refractivity contribution >= 4 is 98.1 Å². The molecule has 10 aromatic rings. The molecule has 0 saturated heterocycles. The van der Waals surface area contributed by atoms with Gasteiger partial charge in [-0.15, -0.1) is 0 Å². The zero-order valence-electron chi connectivity index (χ0n) is 38.9. The molecule has 6 N–H and O–H groups in total. The van der Waals surface area contributed by atoms with Crippen LogP contribution in [-0.2, 0) is 10.8 Å². The molecule has 342 valence electrons. The van der Waals surface area contributed by atoms with Crippen molar-refractivity contribution < 1.29 is 15.1 Å². The van der Waals surface area contributed by atoms with Gasteiger partial charge < -0.3 is 25.9 Å². The summed E-state index contributed by atoms with van der Waals surface area (Å²) in [6.45, 7) is 13.3. The highest BCUT2D eigenvalue weighted by Crippen LogP contribution is 2.38. The van der Waals surface area contributed by atoms with Gasteiger partial charge in [0, 0.05) is 41.8 Å². The lowest BCUT2D eigenvalue weighted by molar-refractivity contribution is -0.383. The molecular formula is C59H62N4O4. The molecule has 8 aromatic carbocycles. The van der Waals surface area contributed by atoms with Crippen LogP contribution in [0.2, 0.25) is 0 Å². The Morgan fingerprint density at radius 3 is 0.970 bits per heavy atom. The maximum Gasteiger partial charge on any atom is 0.293 e. The molecule has 8 heteroatoms. The van der Waals surface area contributed by atoms with E-state index in [1.165, 1.54) is 32.5 Å². The number of aromatic amines is 2. The van der Waals surface area contributed by atoms with Crippen LogP contribution in [-0.4, -0.2) is 39.3 Å². The summed E-state index contributed by atoms with van der Waals surface area (Å²) >= 11 is 0. The topological polar surface area (TPSA) is 141 Å². The van der Waals surface area contributed by atoms with Gasteiger partial charge in [0.15, 0.2) is 0 Å². The smallest absolute Gasteiger partial charge is 0.293 e. The average Bonchev–Trinajstić information content (AvgIpc) is 3.41. The first-order chi connectivity index (χ1) is 31.8. The van der Waals surface area contributed by atoms with E-state index in [9.17, 15) is 10.1 Å². The molecule has 8 nitrogen and oxygen atoms in total. The molecule has 0 aliphatic rings. The second kappa shape index (κ2) is 20.3. The first-order valence-electron chi connectivity index (χ1n) is 22.1. The van der Waals surface area contributed by atoms with Crippen molar-refractivity contribution in [3.8, 4) is 0 Å². The second-order valence-electron chi connectivity index (χ2n) is 18.1. The van der Waals surface area contributed by atoms with E-state index < -0.39 is 0 Å². The first-order valence-corrected chi connectivity index (χ1v) is 22.1. The number of anilines is 1. The first kappa shape index (κ1) is 48.9. The van der Waals surface area contributed by atoms with Gasteiger partial charge in [-0.3, -0.25) is 10.1 Å². The molecule has 2 aromatic heterocycles. The number of aliphatic hydroxyl groups is 2. The van der Waals surface area contributed by atoms with Crippen molar-refractivity contribution in [1.82, 2.24) is 9.97 Å². The number of nitrogen functional groups attached to an aromatic ring is 1. The SMILES string of the molecule is C.CC(C)(C)c1cccc2c1[nH]c1c(N)cccc1c1ccccc1c1ccccc21.CC(C)(C)c1cccc2c1[nH]c1c([N+](=O)[O-])cccc1c1ccccc1c1ccccc21.CO.CO. The normalized spacial score (nSPS) is 11.2. The van der Waals surface area contributed by atoms with E-state index in [-0.39, 0.29) is 28.9 Å². The van der Waals surface area contributed by atoms with Crippen LogP contribution >= 0.6 is 0 Å². The number of nitrogens with zero attached hydrogens (tertiary/aromatic N) is 1. The van der Waals surface area contributed by atoms with Gasteiger partial charge in [-0.25, -0.2) is 0 Å². The molecular weight excluding hydrogens is 829 g/mol. The predicted octanol–water partition coefficient (Wildman–Crippen LogP) is 15.4. The number of non-ortho nitro benzene ring substituents is 1. The number of aromatic nitrogens is 2. The Balaban J connectivity index is 0.000000203. The summed E-state index contributed by atoms with van der Waals surface area (Å²) in [5.41, 5.74) is 13.1. The number of hydrogen-bond donors (Lipinski definition) is 5. The Morgan fingerprint density at radius 1 is 0.388 bits per heavy atom. The Labute approximate surface area is 392 Å². The van der Waals surface area contributed by atoms with Crippen molar-refractivity contribution in [2.45, 2.75) is 59.8 Å². The number of aliphatic hydroxyl groups excluding tert-OH is 2. The molecule has 0 fully saturated rings. The van der Waals surface area contributed by atoms with E-state index >= 15 is 0 Å². The van der Waals surface area contributed by atoms with E-state index in [0.29, 0.717) is 5.52 Å². The van der Waals surface area contributed by atoms with Gasteiger partial charge in [0.05, 0.1) is 27.2 Å². The predicted molar refractivity (Wildman–Crippen MR) is 288 cm³/mol. The molecule has 0 aliphatic carbocycles. The summed E-state index contributed by atoms with van der Waals surface area (Å²) in [4.78, 5) is 19.1. The maximum atomic E-state index is 12.0. The zero-order chi connectivity index (χ0) is 47.3. The Bertz CT molecular complexity index is 3550. The van der Waals surface area contributed by atoms with Crippen LogP contribution in [0.4, 0.5) is 11.4 Å². The van der Waals surface area contributed by atoms with Gasteiger partial charge in [-0.05, 0) is 71.1 Å². The third-order valence-electron chi connectivity index (χ3n) is 12.0. The lowest BCUT2D eigenvalue weighted by Gasteiger charge is -2.21. The molecule has 0 radical (unpaired) electrons. The number of benzene rings is 8. The summed E-state index contributed by atoms with van der Waals surface area (Å²) in [5, 5.41) is 39.3. The number of para-hydroxylation sites is 4. The van der Waals surface area contributed by atoms with Gasteiger partial charge in [0.1, 0.15) is 5.52 Å². The molecule has 0 aliphatic heterocycles. The highest BCUT2D eigenvalue weighted by atomic mass is 16.6. The molecule has 10 rings (SSSR count). The van der Waals surface area contributed by atoms with Crippen LogP contribution in [0.25, 0.3) is 86.7 Å². The molecule has 67 heavy (non-hydrogen) atoms. The quantitative estimate of drug-likeness (QED) is 0.0634. The van der Waals surface area contributed by atoms with Crippen LogP contribution in [0, 0.1) is 10.1 Å². The number of nitro groups is 1. The van der Waals surface area contributed by atoms with Gasteiger partial charge in [0.25, 0.3) is 5.69 Å². The summed E-state index contributed by atoms with van der Waals surface area (Å²) < 4.78 is 0. The van der Waals surface area contributed by atoms with Crippen LogP contribution in [0.3, 0.4) is 0 Å². The molecule has 0 atom stereocenters. The molecule has 0 spiro atoms. The van der Waals surface area contributed by atoms with Gasteiger partial charge in [-0.1, -0.05) is 207 Å². The Hall–Kier alpha value is -7.52. The lowest BCUT2D eigenvalue weighted by atomic mass is 9.85. The van der Waals surface area contributed by atoms with Gasteiger partial charge in [0.2, 0.25) is 0 Å². The zero-order valence-corrected chi connectivity index (χ0v) is 38.9. The van der Waals surface area contributed by atoms with E-state index in [1.807, 2.05) is 48.5 Å². The number of H-pyrrole nitrogens is 2. The molecule has 0 unspecified atom stereocenters. The number of nitro benzene ring substituents is 1. The van der Waals surface area contributed by atoms with Crippen molar-refractivity contribution in [3.05, 3.63) is 191 Å². The number of hydrogen-bond acceptors (Lipinski definition) is 5. The molecule has 0 saturated carbocycles. The number of fused-ring (bicyclic) bond motifs is 14. The van der Waals surface area contributed by atoms with Crippen LogP contribution in [0.15, 0.2) is 170 Å². The largest absolute Gasteiger partial charge is 0.400 e. The summed E-state index contributed by atoms with van der Waals surface area (Å²) in [6, 6.07) is 58.1. The fraction of sp³-hybridized carbons (Fsp3) is 0.186. The standard InChI is InChI=1S/C28H24N2O2.C28H26N2.2CH4O.CH4/c1-28(2,3)24-16-8-14-22-20-12-6-4-10-18(20)19-11-5-7-13-21(19)23-15-9-17-25(30(31)32)27(23)29-26(22)24;1-28(2,3)24-16-8-14-22-20-12-6-4-10-18(20)19-11-5-7-13-21(19)23-15-9-17-25(29)27(23)30-26(22)24;2*1-2;/h4-17,29H,1-3H3;4-17,30H,29H2,1-3H3;2*2H,1H3;1H4. The fourth-order valence-electron chi connectivity index (χ4n) is 9.12. The minimum Gasteiger partial charge on any atom is -0.400 e. The third-order valence-corrected chi connectivity index (χ3v) is 12.0. The third kappa shape index (κ3) is 9.45. The number of nitrogens with two attached hydrogens (primary N) is 1. The Morgan fingerprint density at radius 2 is 0.642 bits per heavy atom. The fourth-order valence-corrected chi connectivity index (χ4v) is 9.12. The van der Waals surface area contributed by atoms with E-state index in [4.69, 9.17) is 15.9 Å². The maximum absolute atomic E-state index is 12.0. The lowest BCUT2D eigenvalue weighted by Crippen LogP contribution is -2.12. The molecule has 2 heterocycles. The highest BCUT2D eigenvalue weighted by molar-refractivity contribution is 6.21. The highest BCUT2D eigenvalue weighted by Gasteiger charge is 2.21. The van der Waals surface area contributed by atoms with Crippen LogP contribution in [0.5, 0.6) is 0 Å². The van der Waals surface area contributed by atoms with Crippen molar-refractivity contribution in [1.29, 1.82) is 0 Å². The van der Waals surface area contributed by atoms with Crippen LogP contribution in [0.1, 0.15) is 60.1 Å². The summed E-state index contributed by atoms with van der Waals surface area (Å²) in [7, 11) is 2.00. The summed E-state index contributed by atoms with van der Waals surface area (Å²) in [5.74, 6) is 0. The summed E-state index contributed by atoms with van der Waals surface area (Å²) in [6.07, 6.45) is 0. The van der Waals surface area contributed by atoms with Crippen molar-refractivity contribution in [3.63, 3.8) is 0 Å². The number of nitrogens with one attached hydrogen (secondary N) is 2. The molecule has 0 amide bonds. The second-order valence-corrected chi connectivity index (χ2v) is 18.1. The molecule has 0 bridgehead atoms. The monoisotopic (exact) mass is 890 g/mol. The van der Waals surface area contributed by atoms with E-state index in [2.05, 4.69) is 161 Å². The average molecular weight is 891 g/mol.